The predicted molar refractivity (Wildman–Crippen MR) is 84.3 cm³/mol. The molecule has 102 valence electrons. The Morgan fingerprint density at radius 3 is 2.32 bits per heavy atom. The third-order valence-corrected chi connectivity index (χ3v) is 3.28. The summed E-state index contributed by atoms with van der Waals surface area (Å²) < 4.78 is 0. The second-order valence-corrected chi connectivity index (χ2v) is 5.20. The molecule has 3 heteroatoms. The zero-order valence-electron chi connectivity index (χ0n) is 11.8. The highest BCUT2D eigenvalue weighted by molar-refractivity contribution is 7.13. The van der Waals surface area contributed by atoms with Crippen LogP contribution in [0.15, 0.2) is 47.6 Å². The first-order valence-corrected chi connectivity index (χ1v) is 7.45. The number of rotatable bonds is 4. The molecule has 0 saturated carbocycles. The van der Waals surface area contributed by atoms with Gasteiger partial charge in [0.25, 0.3) is 0 Å². The first kappa shape index (κ1) is 15.4. The van der Waals surface area contributed by atoms with E-state index in [1.807, 2.05) is 30.3 Å². The Bertz CT molecular complexity index is 477. The molecule has 0 radical (unpaired) electrons. The van der Waals surface area contributed by atoms with Gasteiger partial charge in [-0.15, -0.1) is 11.3 Å². The van der Waals surface area contributed by atoms with E-state index in [2.05, 4.69) is 38.1 Å². The molecule has 0 aliphatic carbocycles. The largest absolute Gasteiger partial charge is 0.357 e. The molecule has 1 aromatic heterocycles. The van der Waals surface area contributed by atoms with E-state index in [-0.39, 0.29) is 0 Å². The lowest BCUT2D eigenvalue weighted by molar-refractivity contribution is 0.344. The van der Waals surface area contributed by atoms with E-state index in [0.717, 1.165) is 17.0 Å². The molecule has 0 spiro atoms. The Labute approximate surface area is 119 Å². The van der Waals surface area contributed by atoms with Gasteiger partial charge in [-0.1, -0.05) is 50.5 Å². The first-order valence-electron chi connectivity index (χ1n) is 6.64. The van der Waals surface area contributed by atoms with Gasteiger partial charge in [-0.3, -0.25) is 0 Å². The highest BCUT2D eigenvalue weighted by Crippen LogP contribution is 2.15. The zero-order chi connectivity index (χ0) is 13.9. The predicted octanol–water partition coefficient (Wildman–Crippen LogP) is 5.14. The Morgan fingerprint density at radius 1 is 1.05 bits per heavy atom. The van der Waals surface area contributed by atoms with Crippen LogP contribution in [-0.4, -0.2) is 6.21 Å². The molecule has 0 atom stereocenters. The van der Waals surface area contributed by atoms with Gasteiger partial charge in [0, 0.05) is 9.75 Å². The van der Waals surface area contributed by atoms with Crippen molar-refractivity contribution in [3.63, 3.8) is 0 Å². The second-order valence-electron chi connectivity index (χ2n) is 4.00. The molecule has 0 N–H and O–H groups in total. The van der Waals surface area contributed by atoms with Gasteiger partial charge in [-0.05, 0) is 30.7 Å². The fourth-order valence-electron chi connectivity index (χ4n) is 1.27. The molecular formula is C16H21NOS. The Morgan fingerprint density at radius 2 is 1.74 bits per heavy atom. The summed E-state index contributed by atoms with van der Waals surface area (Å²) >= 11 is 1.74. The van der Waals surface area contributed by atoms with Gasteiger partial charge in [0.1, 0.15) is 0 Å². The van der Waals surface area contributed by atoms with E-state index in [9.17, 15) is 0 Å². The van der Waals surface area contributed by atoms with Crippen LogP contribution in [0.1, 0.15) is 36.9 Å². The fourth-order valence-corrected chi connectivity index (χ4v) is 2.09. The lowest BCUT2D eigenvalue weighted by Crippen LogP contribution is -1.83. The minimum absolute atomic E-state index is 0.756. The quantitative estimate of drug-likeness (QED) is 0.559. The van der Waals surface area contributed by atoms with Crippen molar-refractivity contribution in [3.05, 3.63) is 52.2 Å². The molecule has 0 amide bonds. The van der Waals surface area contributed by atoms with Gasteiger partial charge in [-0.25, -0.2) is 0 Å². The van der Waals surface area contributed by atoms with Crippen molar-refractivity contribution in [1.29, 1.82) is 0 Å². The van der Waals surface area contributed by atoms with E-state index < -0.39 is 0 Å². The SMILES string of the molecule is CCC.CCc1ccc(/C=N/Oc2ccccc2)s1. The van der Waals surface area contributed by atoms with Crippen LogP contribution in [0.3, 0.4) is 0 Å². The molecule has 0 aliphatic rings. The molecule has 2 aromatic rings. The summed E-state index contributed by atoms with van der Waals surface area (Å²) in [6, 6.07) is 13.7. The lowest BCUT2D eigenvalue weighted by atomic mass is 10.3. The third-order valence-electron chi connectivity index (χ3n) is 2.11. The summed E-state index contributed by atoms with van der Waals surface area (Å²) in [6.45, 7) is 6.40. The monoisotopic (exact) mass is 275 g/mol. The maximum Gasteiger partial charge on any atom is 0.157 e. The van der Waals surface area contributed by atoms with Crippen molar-refractivity contribution in [2.75, 3.05) is 0 Å². The van der Waals surface area contributed by atoms with Gasteiger partial charge in [0.2, 0.25) is 0 Å². The molecule has 19 heavy (non-hydrogen) atoms. The molecule has 0 aliphatic heterocycles. The highest BCUT2D eigenvalue weighted by Gasteiger charge is 1.95. The maximum atomic E-state index is 5.23. The fraction of sp³-hybridized carbons (Fsp3) is 0.312. The van der Waals surface area contributed by atoms with E-state index in [1.165, 1.54) is 11.3 Å². The molecule has 0 bridgehead atoms. The minimum atomic E-state index is 0.756. The van der Waals surface area contributed by atoms with Gasteiger partial charge in [0.05, 0.1) is 6.21 Å². The smallest absolute Gasteiger partial charge is 0.157 e. The standard InChI is InChI=1S/C13H13NOS.C3H8/c1-2-12-8-9-13(16-12)10-14-15-11-6-4-3-5-7-11;1-3-2/h3-10H,2H2,1H3;3H2,1-2H3/b14-10+;. The number of thiophene rings is 1. The van der Waals surface area contributed by atoms with E-state index in [1.54, 1.807) is 17.6 Å². The number of aryl methyl sites for hydroxylation is 1. The van der Waals surface area contributed by atoms with Crippen molar-refractivity contribution in [1.82, 2.24) is 0 Å². The van der Waals surface area contributed by atoms with Crippen molar-refractivity contribution in [2.45, 2.75) is 33.6 Å². The minimum Gasteiger partial charge on any atom is -0.357 e. The van der Waals surface area contributed by atoms with Crippen LogP contribution in [-0.2, 0) is 6.42 Å². The maximum absolute atomic E-state index is 5.23. The average molecular weight is 275 g/mol. The second kappa shape index (κ2) is 9.34. The third kappa shape index (κ3) is 6.20. The van der Waals surface area contributed by atoms with Gasteiger partial charge in [0.15, 0.2) is 5.75 Å². The summed E-state index contributed by atoms with van der Waals surface area (Å²) in [5, 5.41) is 3.94. The summed E-state index contributed by atoms with van der Waals surface area (Å²) in [4.78, 5) is 7.71. The highest BCUT2D eigenvalue weighted by atomic mass is 32.1. The molecular weight excluding hydrogens is 254 g/mol. The van der Waals surface area contributed by atoms with Crippen LogP contribution < -0.4 is 4.84 Å². The average Bonchev–Trinajstić information content (AvgIpc) is 2.89. The number of hydrogen-bond donors (Lipinski definition) is 0. The summed E-state index contributed by atoms with van der Waals surface area (Å²) in [7, 11) is 0. The van der Waals surface area contributed by atoms with Crippen molar-refractivity contribution >= 4 is 17.6 Å². The lowest BCUT2D eigenvalue weighted by Gasteiger charge is -1.95. The molecule has 0 saturated heterocycles. The number of para-hydroxylation sites is 1. The van der Waals surface area contributed by atoms with Crippen LogP contribution in [0.5, 0.6) is 5.75 Å². The number of hydrogen-bond acceptors (Lipinski definition) is 3. The van der Waals surface area contributed by atoms with Crippen molar-refractivity contribution < 1.29 is 4.84 Å². The molecule has 0 fully saturated rings. The van der Waals surface area contributed by atoms with Crippen LogP contribution in [0.2, 0.25) is 0 Å². The van der Waals surface area contributed by atoms with Gasteiger partial charge >= 0.3 is 0 Å². The normalized spacial score (nSPS) is 10.1. The van der Waals surface area contributed by atoms with Gasteiger partial charge < -0.3 is 4.84 Å². The van der Waals surface area contributed by atoms with Crippen LogP contribution in [0, 0.1) is 0 Å². The Kier molecular flexibility index (Phi) is 7.59. The Hall–Kier alpha value is -1.61. The summed E-state index contributed by atoms with van der Waals surface area (Å²) in [5.41, 5.74) is 0. The van der Waals surface area contributed by atoms with Crippen LogP contribution in [0.4, 0.5) is 0 Å². The Balaban J connectivity index is 0.000000550. The first-order chi connectivity index (χ1) is 9.30. The number of oxime groups is 1. The summed E-state index contributed by atoms with van der Waals surface area (Å²) in [5.74, 6) is 0.756. The van der Waals surface area contributed by atoms with Crippen molar-refractivity contribution in [2.24, 2.45) is 5.16 Å². The number of nitrogens with zero attached hydrogens (tertiary/aromatic N) is 1. The zero-order valence-corrected chi connectivity index (χ0v) is 12.6. The molecule has 1 aromatic carbocycles. The van der Waals surface area contributed by atoms with Crippen LogP contribution in [0.25, 0.3) is 0 Å². The van der Waals surface area contributed by atoms with E-state index in [4.69, 9.17) is 4.84 Å². The molecule has 1 heterocycles. The number of benzene rings is 1. The van der Waals surface area contributed by atoms with Crippen LogP contribution >= 0.6 is 11.3 Å². The van der Waals surface area contributed by atoms with E-state index in [0.29, 0.717) is 0 Å². The topological polar surface area (TPSA) is 21.6 Å². The van der Waals surface area contributed by atoms with E-state index >= 15 is 0 Å². The van der Waals surface area contributed by atoms with Gasteiger partial charge in [-0.2, -0.15) is 0 Å². The molecule has 0 unspecified atom stereocenters. The summed E-state index contributed by atoms with van der Waals surface area (Å²) in [6.07, 6.45) is 4.06. The molecule has 2 nitrogen and oxygen atoms in total. The van der Waals surface area contributed by atoms with Crippen molar-refractivity contribution in [3.8, 4) is 5.75 Å². The molecule has 2 rings (SSSR count).